The van der Waals surface area contributed by atoms with Crippen LogP contribution in [0.5, 0.6) is 0 Å². The summed E-state index contributed by atoms with van der Waals surface area (Å²) in [4.78, 5) is 49.8. The van der Waals surface area contributed by atoms with E-state index < -0.39 is 24.0 Å². The van der Waals surface area contributed by atoms with Gasteiger partial charge in [-0.1, -0.05) is 30.3 Å². The lowest BCUT2D eigenvalue weighted by molar-refractivity contribution is -0.136. The zero-order valence-corrected chi connectivity index (χ0v) is 14.5. The number of esters is 1. The molecule has 0 spiro atoms. The Balaban J connectivity index is 1.53. The molecule has 1 N–H and O–H groups in total. The molecule has 3 amide bonds. The number of urea groups is 1. The third kappa shape index (κ3) is 2.77. The van der Waals surface area contributed by atoms with Crippen LogP contribution in [-0.4, -0.2) is 47.8 Å². The van der Waals surface area contributed by atoms with E-state index in [0.29, 0.717) is 17.7 Å². The van der Waals surface area contributed by atoms with Crippen molar-refractivity contribution in [3.05, 3.63) is 59.2 Å². The number of amides is 3. The molecule has 4 rings (SSSR count). The van der Waals surface area contributed by atoms with Gasteiger partial charge in [-0.15, -0.1) is 0 Å². The number of hydrogen-bond acceptors (Lipinski definition) is 5. The van der Waals surface area contributed by atoms with Crippen LogP contribution in [0.3, 0.4) is 0 Å². The molecule has 0 bridgehead atoms. The van der Waals surface area contributed by atoms with E-state index in [-0.39, 0.29) is 17.9 Å². The average molecular weight is 364 g/mol. The molecule has 1 heterocycles. The molecule has 1 aliphatic carbocycles. The summed E-state index contributed by atoms with van der Waals surface area (Å²) >= 11 is 0. The number of rotatable bonds is 3. The van der Waals surface area contributed by atoms with Crippen LogP contribution in [0, 0.1) is 0 Å². The van der Waals surface area contributed by atoms with E-state index in [9.17, 15) is 19.2 Å². The topological polar surface area (TPSA) is 92.8 Å². The number of hydrogen-bond donors (Lipinski definition) is 1. The lowest BCUT2D eigenvalue weighted by Gasteiger charge is -2.18. The maximum Gasteiger partial charge on any atom is 0.338 e. The number of benzene rings is 2. The second-order valence-electron chi connectivity index (χ2n) is 6.40. The van der Waals surface area contributed by atoms with Crippen molar-refractivity contribution in [3.8, 4) is 11.1 Å². The lowest BCUT2D eigenvalue weighted by atomic mass is 10.0. The highest BCUT2D eigenvalue weighted by atomic mass is 16.5. The number of carbonyl (C=O) groups excluding carboxylic acids is 4. The van der Waals surface area contributed by atoms with E-state index in [1.54, 1.807) is 24.3 Å². The highest BCUT2D eigenvalue weighted by Gasteiger charge is 2.32. The van der Waals surface area contributed by atoms with Crippen molar-refractivity contribution >= 4 is 23.7 Å². The van der Waals surface area contributed by atoms with Crippen LogP contribution in [0.15, 0.2) is 42.5 Å². The van der Waals surface area contributed by atoms with Crippen LogP contribution in [0.1, 0.15) is 33.2 Å². The summed E-state index contributed by atoms with van der Waals surface area (Å²) in [7, 11) is 0. The Kier molecular flexibility index (Phi) is 3.99. The Hall–Kier alpha value is -3.48. The van der Waals surface area contributed by atoms with Crippen LogP contribution < -0.4 is 5.32 Å². The summed E-state index contributed by atoms with van der Waals surface area (Å²) in [6, 6.07) is 11.5. The monoisotopic (exact) mass is 364 g/mol. The van der Waals surface area contributed by atoms with Gasteiger partial charge in [0.2, 0.25) is 0 Å². The van der Waals surface area contributed by atoms with Crippen molar-refractivity contribution < 1.29 is 23.9 Å². The van der Waals surface area contributed by atoms with Crippen LogP contribution in [0.4, 0.5) is 4.79 Å². The predicted octanol–water partition coefficient (Wildman–Crippen LogP) is 2.00. The van der Waals surface area contributed by atoms with Gasteiger partial charge < -0.3 is 10.1 Å². The van der Waals surface area contributed by atoms with Gasteiger partial charge in [0.05, 0.1) is 5.56 Å². The van der Waals surface area contributed by atoms with E-state index in [0.717, 1.165) is 16.0 Å². The number of nitrogens with zero attached hydrogens (tertiary/aromatic N) is 1. The largest absolute Gasteiger partial charge is 0.449 e. The summed E-state index contributed by atoms with van der Waals surface area (Å²) in [5.74, 6) is -1.45. The van der Waals surface area contributed by atoms with Crippen LogP contribution in [-0.2, 0) is 9.53 Å². The molecule has 2 aromatic carbocycles. The molecule has 0 saturated carbocycles. The van der Waals surface area contributed by atoms with Crippen molar-refractivity contribution in [2.24, 2.45) is 0 Å². The number of ether oxygens (including phenoxy) is 1. The molecular weight excluding hydrogens is 348 g/mol. The molecular formula is C20H16N2O5. The molecule has 0 radical (unpaired) electrons. The van der Waals surface area contributed by atoms with Gasteiger partial charge in [0.25, 0.3) is 5.91 Å². The Morgan fingerprint density at radius 3 is 2.44 bits per heavy atom. The van der Waals surface area contributed by atoms with Gasteiger partial charge in [-0.2, -0.15) is 0 Å². The van der Waals surface area contributed by atoms with Gasteiger partial charge in [-0.25, -0.2) is 9.59 Å². The third-order valence-electron chi connectivity index (χ3n) is 4.72. The number of nitrogens with one attached hydrogen (secondary N) is 1. The summed E-state index contributed by atoms with van der Waals surface area (Å²) in [5, 5.41) is 2.52. The predicted molar refractivity (Wildman–Crippen MR) is 95.3 cm³/mol. The Morgan fingerprint density at radius 2 is 1.74 bits per heavy atom. The van der Waals surface area contributed by atoms with Crippen LogP contribution >= 0.6 is 0 Å². The van der Waals surface area contributed by atoms with Gasteiger partial charge in [-0.05, 0) is 30.2 Å². The highest BCUT2D eigenvalue weighted by molar-refractivity contribution is 6.22. The second kappa shape index (κ2) is 6.35. The van der Waals surface area contributed by atoms with E-state index in [4.69, 9.17) is 4.74 Å². The van der Waals surface area contributed by atoms with E-state index >= 15 is 0 Å². The molecule has 7 nitrogen and oxygen atoms in total. The van der Waals surface area contributed by atoms with Crippen LogP contribution in [0.2, 0.25) is 0 Å². The van der Waals surface area contributed by atoms with E-state index in [1.807, 2.05) is 12.1 Å². The van der Waals surface area contributed by atoms with Crippen molar-refractivity contribution in [2.45, 2.75) is 13.0 Å². The van der Waals surface area contributed by atoms with Crippen molar-refractivity contribution in [1.82, 2.24) is 10.2 Å². The molecule has 0 unspecified atom stereocenters. The zero-order valence-electron chi connectivity index (χ0n) is 14.5. The minimum absolute atomic E-state index is 0.145. The van der Waals surface area contributed by atoms with Gasteiger partial charge in [0.15, 0.2) is 11.9 Å². The molecule has 7 heteroatoms. The first-order chi connectivity index (χ1) is 13.0. The summed E-state index contributed by atoms with van der Waals surface area (Å²) in [5.41, 5.74) is 2.82. The number of carbonyl (C=O) groups is 4. The molecule has 0 aromatic heterocycles. The number of ketones is 1. The summed E-state index contributed by atoms with van der Waals surface area (Å²) < 4.78 is 5.21. The maximum atomic E-state index is 12.5. The third-order valence-corrected chi connectivity index (χ3v) is 4.72. The molecule has 136 valence electrons. The lowest BCUT2D eigenvalue weighted by Crippen LogP contribution is -2.41. The van der Waals surface area contributed by atoms with Gasteiger partial charge in [0, 0.05) is 24.2 Å². The molecule has 1 fully saturated rings. The molecule has 1 atom stereocenters. The second-order valence-corrected chi connectivity index (χ2v) is 6.40. The van der Waals surface area contributed by atoms with Gasteiger partial charge in [-0.3, -0.25) is 14.5 Å². The normalized spacial score (nSPS) is 15.8. The standard InChI is InChI=1S/C20H16N2O5/c1-11(18(24)22-9-8-21-20(22)26)27-19(25)12-6-7-14-13-4-2-3-5-15(13)17(23)16(14)10-12/h2-7,10-11H,8-9H2,1H3,(H,21,26)/t11-/m1/s1. The molecule has 2 aliphatic rings. The summed E-state index contributed by atoms with van der Waals surface area (Å²) in [6.07, 6.45) is -1.11. The van der Waals surface area contributed by atoms with Crippen molar-refractivity contribution in [3.63, 3.8) is 0 Å². The number of imide groups is 1. The first-order valence-electron chi connectivity index (χ1n) is 8.55. The number of fused-ring (bicyclic) bond motifs is 3. The summed E-state index contributed by atoms with van der Waals surface area (Å²) in [6.45, 7) is 2.03. The fraction of sp³-hybridized carbons (Fsp3) is 0.200. The molecule has 2 aromatic rings. The van der Waals surface area contributed by atoms with Crippen molar-refractivity contribution in [2.75, 3.05) is 13.1 Å². The molecule has 27 heavy (non-hydrogen) atoms. The highest BCUT2D eigenvalue weighted by Crippen LogP contribution is 2.36. The Labute approximate surface area is 154 Å². The molecule has 1 saturated heterocycles. The van der Waals surface area contributed by atoms with Crippen molar-refractivity contribution in [1.29, 1.82) is 0 Å². The SMILES string of the molecule is C[C@@H](OC(=O)c1ccc2c(c1)C(=O)c1ccccc1-2)C(=O)N1CCNC1=O. The van der Waals surface area contributed by atoms with E-state index in [2.05, 4.69) is 5.32 Å². The Morgan fingerprint density at radius 1 is 1.04 bits per heavy atom. The Bertz CT molecular complexity index is 998. The van der Waals surface area contributed by atoms with Gasteiger partial charge in [0.1, 0.15) is 0 Å². The first-order valence-corrected chi connectivity index (χ1v) is 8.55. The smallest absolute Gasteiger partial charge is 0.338 e. The first kappa shape index (κ1) is 17.0. The fourth-order valence-corrected chi connectivity index (χ4v) is 3.34. The average Bonchev–Trinajstić information content (AvgIpc) is 3.23. The minimum atomic E-state index is -1.11. The fourth-order valence-electron chi connectivity index (χ4n) is 3.34. The quantitative estimate of drug-likeness (QED) is 0.718. The van der Waals surface area contributed by atoms with E-state index in [1.165, 1.54) is 13.0 Å². The minimum Gasteiger partial charge on any atom is -0.449 e. The molecule has 1 aliphatic heterocycles. The van der Waals surface area contributed by atoms with Crippen LogP contribution in [0.25, 0.3) is 11.1 Å². The maximum absolute atomic E-state index is 12.5. The zero-order chi connectivity index (χ0) is 19.1. The van der Waals surface area contributed by atoms with Gasteiger partial charge >= 0.3 is 12.0 Å².